The molecule has 2 fully saturated rings. The molecule has 116 valence electrons. The summed E-state index contributed by atoms with van der Waals surface area (Å²) in [5.74, 6) is 0. The van der Waals surface area contributed by atoms with Gasteiger partial charge in [-0.05, 0) is 69.3 Å². The molecule has 1 aliphatic heterocycles. The Bertz CT molecular complexity index is 484. The Kier molecular flexibility index (Phi) is 4.37. The highest BCUT2D eigenvalue weighted by atomic mass is 16.3. The van der Waals surface area contributed by atoms with E-state index < -0.39 is 0 Å². The first kappa shape index (κ1) is 15.1. The lowest BCUT2D eigenvalue weighted by atomic mass is 9.81. The lowest BCUT2D eigenvalue weighted by Crippen LogP contribution is -2.53. The van der Waals surface area contributed by atoms with Crippen LogP contribution in [0.2, 0.25) is 0 Å². The second-order valence-electron chi connectivity index (χ2n) is 7.05. The number of aryl methyl sites for hydroxylation is 1. The van der Waals surface area contributed by atoms with E-state index in [9.17, 15) is 5.11 Å². The summed E-state index contributed by atoms with van der Waals surface area (Å²) in [6.45, 7) is 6.64. The topological polar surface area (TPSA) is 23.5 Å². The summed E-state index contributed by atoms with van der Waals surface area (Å²) in [4.78, 5) is 2.62. The first-order valence-corrected chi connectivity index (χ1v) is 8.64. The largest absolute Gasteiger partial charge is 0.386 e. The SMILES string of the molecule is Cc1cccc(C(O)C2(N3CCCCC3)CCCC2)c1C. The molecule has 0 spiro atoms. The molecule has 1 heterocycles. The van der Waals surface area contributed by atoms with Gasteiger partial charge in [-0.15, -0.1) is 0 Å². The maximum atomic E-state index is 11.3. The third-order valence-corrected chi connectivity index (χ3v) is 5.91. The van der Waals surface area contributed by atoms with Gasteiger partial charge < -0.3 is 5.11 Å². The molecule has 0 aromatic heterocycles. The molecule has 0 bridgehead atoms. The van der Waals surface area contributed by atoms with E-state index in [1.807, 2.05) is 0 Å². The minimum absolute atomic E-state index is 0.00102. The molecule has 1 aromatic rings. The second kappa shape index (κ2) is 6.10. The second-order valence-corrected chi connectivity index (χ2v) is 7.05. The average Bonchev–Trinajstić information content (AvgIpc) is 3.01. The number of benzene rings is 1. The summed E-state index contributed by atoms with van der Waals surface area (Å²) in [5.41, 5.74) is 3.72. The molecule has 2 heteroatoms. The van der Waals surface area contributed by atoms with Crippen molar-refractivity contribution in [2.75, 3.05) is 13.1 Å². The molecular weight excluding hydrogens is 258 g/mol. The van der Waals surface area contributed by atoms with Gasteiger partial charge in [0.05, 0.1) is 11.6 Å². The fourth-order valence-electron chi connectivity index (χ4n) is 4.45. The van der Waals surface area contributed by atoms with Crippen molar-refractivity contribution in [1.82, 2.24) is 4.90 Å². The maximum absolute atomic E-state index is 11.3. The summed E-state index contributed by atoms with van der Waals surface area (Å²) in [6, 6.07) is 6.38. The van der Waals surface area contributed by atoms with Gasteiger partial charge in [-0.25, -0.2) is 0 Å². The Morgan fingerprint density at radius 1 is 1.00 bits per heavy atom. The molecule has 1 N–H and O–H groups in total. The molecule has 2 nitrogen and oxygen atoms in total. The van der Waals surface area contributed by atoms with Crippen LogP contribution in [0.1, 0.15) is 67.7 Å². The van der Waals surface area contributed by atoms with Crippen molar-refractivity contribution in [2.24, 2.45) is 0 Å². The summed E-state index contributed by atoms with van der Waals surface area (Å²) >= 11 is 0. The van der Waals surface area contributed by atoms with Gasteiger partial charge in [0.15, 0.2) is 0 Å². The van der Waals surface area contributed by atoms with Crippen molar-refractivity contribution in [3.05, 3.63) is 34.9 Å². The van der Waals surface area contributed by atoms with Gasteiger partial charge in [0, 0.05) is 0 Å². The zero-order valence-corrected chi connectivity index (χ0v) is 13.6. The van der Waals surface area contributed by atoms with Crippen molar-refractivity contribution in [3.63, 3.8) is 0 Å². The predicted octanol–water partition coefficient (Wildman–Crippen LogP) is 4.14. The van der Waals surface area contributed by atoms with Crippen LogP contribution in [-0.2, 0) is 0 Å². The number of nitrogens with zero attached hydrogens (tertiary/aromatic N) is 1. The maximum Gasteiger partial charge on any atom is 0.0976 e. The smallest absolute Gasteiger partial charge is 0.0976 e. The van der Waals surface area contributed by atoms with Gasteiger partial charge in [0.25, 0.3) is 0 Å². The molecule has 1 saturated carbocycles. The van der Waals surface area contributed by atoms with Crippen LogP contribution in [-0.4, -0.2) is 28.6 Å². The van der Waals surface area contributed by atoms with E-state index in [1.165, 1.54) is 56.3 Å². The fraction of sp³-hybridized carbons (Fsp3) is 0.684. The third-order valence-electron chi connectivity index (χ3n) is 5.91. The number of hydrogen-bond acceptors (Lipinski definition) is 2. The Labute approximate surface area is 129 Å². The normalized spacial score (nSPS) is 24.1. The van der Waals surface area contributed by atoms with E-state index >= 15 is 0 Å². The molecule has 0 amide bonds. The van der Waals surface area contributed by atoms with Crippen molar-refractivity contribution in [3.8, 4) is 0 Å². The summed E-state index contributed by atoms with van der Waals surface area (Å²) < 4.78 is 0. The fourth-order valence-corrected chi connectivity index (χ4v) is 4.45. The molecule has 1 aromatic carbocycles. The molecule has 0 radical (unpaired) electrons. The van der Waals surface area contributed by atoms with E-state index in [-0.39, 0.29) is 11.6 Å². The van der Waals surface area contributed by atoms with Crippen LogP contribution in [0.5, 0.6) is 0 Å². The molecule has 1 unspecified atom stereocenters. The van der Waals surface area contributed by atoms with Gasteiger partial charge in [-0.3, -0.25) is 4.90 Å². The molecule has 1 atom stereocenters. The minimum Gasteiger partial charge on any atom is -0.386 e. The van der Waals surface area contributed by atoms with Gasteiger partial charge in [-0.2, -0.15) is 0 Å². The number of hydrogen-bond donors (Lipinski definition) is 1. The zero-order valence-electron chi connectivity index (χ0n) is 13.6. The molecule has 2 aliphatic rings. The van der Waals surface area contributed by atoms with Crippen LogP contribution in [0, 0.1) is 13.8 Å². The zero-order chi connectivity index (χ0) is 14.9. The summed E-state index contributed by atoms with van der Waals surface area (Å²) in [6.07, 6.45) is 8.44. The molecule has 21 heavy (non-hydrogen) atoms. The Hall–Kier alpha value is -0.860. The van der Waals surface area contributed by atoms with E-state index in [0.29, 0.717) is 0 Å². The van der Waals surface area contributed by atoms with Gasteiger partial charge in [0.2, 0.25) is 0 Å². The quantitative estimate of drug-likeness (QED) is 0.903. The molecule has 1 aliphatic carbocycles. The standard InChI is InChI=1S/C19H29NO/c1-15-9-8-10-17(16(15)2)18(21)19(11-4-5-12-19)20-13-6-3-7-14-20/h8-10,18,21H,3-7,11-14H2,1-2H3. The number of aliphatic hydroxyl groups is 1. The first-order chi connectivity index (χ1) is 10.1. The van der Waals surface area contributed by atoms with Crippen molar-refractivity contribution in [1.29, 1.82) is 0 Å². The van der Waals surface area contributed by atoms with E-state index in [0.717, 1.165) is 18.4 Å². The predicted molar refractivity (Wildman–Crippen MR) is 87.5 cm³/mol. The Morgan fingerprint density at radius 2 is 1.67 bits per heavy atom. The number of likely N-dealkylation sites (tertiary alicyclic amines) is 1. The van der Waals surface area contributed by atoms with Crippen LogP contribution in [0.3, 0.4) is 0 Å². The third kappa shape index (κ3) is 2.64. The van der Waals surface area contributed by atoms with Gasteiger partial charge in [0.1, 0.15) is 0 Å². The van der Waals surface area contributed by atoms with Crippen LogP contribution in [0.4, 0.5) is 0 Å². The molecular formula is C19H29NO. The van der Waals surface area contributed by atoms with Crippen molar-refractivity contribution in [2.45, 2.75) is 70.4 Å². The number of aliphatic hydroxyl groups excluding tert-OH is 1. The van der Waals surface area contributed by atoms with Gasteiger partial charge in [-0.1, -0.05) is 37.5 Å². The van der Waals surface area contributed by atoms with Crippen LogP contribution in [0.25, 0.3) is 0 Å². The monoisotopic (exact) mass is 287 g/mol. The van der Waals surface area contributed by atoms with Gasteiger partial charge >= 0.3 is 0 Å². The van der Waals surface area contributed by atoms with Crippen LogP contribution >= 0.6 is 0 Å². The Morgan fingerprint density at radius 3 is 2.33 bits per heavy atom. The summed E-state index contributed by atoms with van der Waals surface area (Å²) in [7, 11) is 0. The molecule has 3 rings (SSSR count). The van der Waals surface area contributed by atoms with Crippen LogP contribution < -0.4 is 0 Å². The lowest BCUT2D eigenvalue weighted by Gasteiger charge is -2.47. The highest BCUT2D eigenvalue weighted by molar-refractivity contribution is 5.36. The lowest BCUT2D eigenvalue weighted by molar-refractivity contribution is -0.0408. The minimum atomic E-state index is -0.335. The molecule has 1 saturated heterocycles. The number of rotatable bonds is 3. The van der Waals surface area contributed by atoms with E-state index in [2.05, 4.69) is 36.9 Å². The van der Waals surface area contributed by atoms with Crippen LogP contribution in [0.15, 0.2) is 18.2 Å². The first-order valence-electron chi connectivity index (χ1n) is 8.64. The Balaban J connectivity index is 1.94. The van der Waals surface area contributed by atoms with Crippen molar-refractivity contribution >= 4 is 0 Å². The average molecular weight is 287 g/mol. The highest BCUT2D eigenvalue weighted by Gasteiger charge is 2.46. The summed E-state index contributed by atoms with van der Waals surface area (Å²) in [5, 5.41) is 11.3. The van der Waals surface area contributed by atoms with Crippen molar-refractivity contribution < 1.29 is 5.11 Å². The number of piperidine rings is 1. The van der Waals surface area contributed by atoms with E-state index in [4.69, 9.17) is 0 Å². The van der Waals surface area contributed by atoms with E-state index in [1.54, 1.807) is 0 Å². The highest BCUT2D eigenvalue weighted by Crippen LogP contribution is 2.46.